The second-order valence-electron chi connectivity index (χ2n) is 6.64. The monoisotopic (exact) mass is 334 g/mol. The van der Waals surface area contributed by atoms with Crippen molar-refractivity contribution in [2.45, 2.75) is 72.6 Å². The molecule has 0 aromatic rings. The van der Waals surface area contributed by atoms with E-state index < -0.39 is 6.30 Å². The van der Waals surface area contributed by atoms with Gasteiger partial charge in [0.1, 0.15) is 0 Å². The van der Waals surface area contributed by atoms with Gasteiger partial charge in [0.05, 0.1) is 0 Å². The standard InChI is InChI=1S/C21H35FN2/c1-7-11-17(12-8-2)14-20-19(15-21(22)23-20)18(13-9-3)16(5)24(6)10-4/h7,11-12,15-16,18,21H,8-10,13-14H2,1-6H3/b11-7-,17-12-. The minimum Gasteiger partial charge on any atom is -0.303 e. The molecule has 136 valence electrons. The second-order valence-corrected chi connectivity index (χ2v) is 6.64. The molecular formula is C21H35FN2. The van der Waals surface area contributed by atoms with Crippen molar-refractivity contribution in [2.75, 3.05) is 13.6 Å². The van der Waals surface area contributed by atoms with Crippen molar-refractivity contribution < 1.29 is 4.39 Å². The van der Waals surface area contributed by atoms with Gasteiger partial charge in [-0.05, 0) is 57.5 Å². The van der Waals surface area contributed by atoms with Gasteiger partial charge in [0, 0.05) is 24.1 Å². The first kappa shape index (κ1) is 20.8. The van der Waals surface area contributed by atoms with Gasteiger partial charge >= 0.3 is 0 Å². The molecule has 0 bridgehead atoms. The Labute approximate surface area is 148 Å². The van der Waals surface area contributed by atoms with Gasteiger partial charge in [-0.1, -0.05) is 45.4 Å². The fourth-order valence-electron chi connectivity index (χ4n) is 3.42. The minimum absolute atomic E-state index is 0.341. The van der Waals surface area contributed by atoms with Crippen LogP contribution in [0.5, 0.6) is 0 Å². The summed E-state index contributed by atoms with van der Waals surface area (Å²) in [4.78, 5) is 6.66. The van der Waals surface area contributed by atoms with Crippen LogP contribution in [-0.4, -0.2) is 36.5 Å². The lowest BCUT2D eigenvalue weighted by Gasteiger charge is -2.32. The fraction of sp³-hybridized carbons (Fsp3) is 0.667. The number of allylic oxidation sites excluding steroid dienone is 4. The van der Waals surface area contributed by atoms with Gasteiger partial charge in [0.15, 0.2) is 0 Å². The first-order chi connectivity index (χ1) is 11.5. The fourth-order valence-corrected chi connectivity index (χ4v) is 3.42. The molecule has 0 spiro atoms. The predicted octanol–water partition coefficient (Wildman–Crippen LogP) is 5.72. The van der Waals surface area contributed by atoms with Crippen molar-refractivity contribution >= 4 is 5.71 Å². The summed E-state index contributed by atoms with van der Waals surface area (Å²) in [5.74, 6) is 0.341. The minimum atomic E-state index is -1.18. The quantitative estimate of drug-likeness (QED) is 0.368. The summed E-state index contributed by atoms with van der Waals surface area (Å²) < 4.78 is 14.1. The lowest BCUT2D eigenvalue weighted by Crippen LogP contribution is -2.37. The van der Waals surface area contributed by atoms with Crippen LogP contribution in [0.2, 0.25) is 0 Å². The van der Waals surface area contributed by atoms with Gasteiger partial charge < -0.3 is 4.90 Å². The number of alkyl halides is 1. The van der Waals surface area contributed by atoms with Crippen LogP contribution in [-0.2, 0) is 0 Å². The number of hydrogen-bond donors (Lipinski definition) is 0. The van der Waals surface area contributed by atoms with Crippen LogP contribution in [0.1, 0.15) is 60.3 Å². The van der Waals surface area contributed by atoms with Crippen molar-refractivity contribution in [3.63, 3.8) is 0 Å². The summed E-state index contributed by atoms with van der Waals surface area (Å²) >= 11 is 0. The first-order valence-corrected chi connectivity index (χ1v) is 9.43. The highest BCUT2D eigenvalue weighted by Crippen LogP contribution is 2.32. The Balaban J connectivity index is 3.07. The SMILES string of the molecule is C/C=C\C(=C\CC)CC1=NC(F)C=C1C(CCC)C(C)N(C)CC. The van der Waals surface area contributed by atoms with E-state index in [0.29, 0.717) is 12.0 Å². The van der Waals surface area contributed by atoms with E-state index in [1.165, 1.54) is 5.57 Å². The molecule has 0 aliphatic carbocycles. The van der Waals surface area contributed by atoms with Crippen LogP contribution in [0.15, 0.2) is 40.4 Å². The van der Waals surface area contributed by atoms with Crippen molar-refractivity contribution in [1.82, 2.24) is 4.90 Å². The summed E-state index contributed by atoms with van der Waals surface area (Å²) in [6, 6.07) is 0.386. The summed E-state index contributed by atoms with van der Waals surface area (Å²) in [6.07, 6.45) is 10.8. The van der Waals surface area contributed by atoms with Gasteiger partial charge in [-0.15, -0.1) is 0 Å². The molecule has 0 aromatic heterocycles. The zero-order valence-electron chi connectivity index (χ0n) is 16.3. The second kappa shape index (κ2) is 10.6. The third-order valence-electron chi connectivity index (χ3n) is 4.92. The molecule has 1 aliphatic heterocycles. The third kappa shape index (κ3) is 5.70. The summed E-state index contributed by atoms with van der Waals surface area (Å²) in [5.41, 5.74) is 3.30. The molecule has 24 heavy (non-hydrogen) atoms. The molecule has 0 N–H and O–H groups in total. The molecule has 0 aromatic carbocycles. The molecular weight excluding hydrogens is 299 g/mol. The average Bonchev–Trinajstić information content (AvgIpc) is 2.91. The van der Waals surface area contributed by atoms with Crippen molar-refractivity contribution in [1.29, 1.82) is 0 Å². The maximum absolute atomic E-state index is 14.1. The predicted molar refractivity (Wildman–Crippen MR) is 104 cm³/mol. The van der Waals surface area contributed by atoms with E-state index >= 15 is 0 Å². The Bertz CT molecular complexity index is 502. The Morgan fingerprint density at radius 2 is 2.08 bits per heavy atom. The highest BCUT2D eigenvalue weighted by atomic mass is 19.1. The zero-order valence-corrected chi connectivity index (χ0v) is 16.3. The lowest BCUT2D eigenvalue weighted by molar-refractivity contribution is 0.212. The van der Waals surface area contributed by atoms with Gasteiger partial charge in [-0.3, -0.25) is 0 Å². The van der Waals surface area contributed by atoms with Crippen molar-refractivity contribution in [3.05, 3.63) is 35.5 Å². The van der Waals surface area contributed by atoms with E-state index in [-0.39, 0.29) is 0 Å². The first-order valence-electron chi connectivity index (χ1n) is 9.43. The molecule has 3 unspecified atom stereocenters. The summed E-state index contributed by atoms with van der Waals surface area (Å²) in [7, 11) is 2.15. The Morgan fingerprint density at radius 1 is 1.38 bits per heavy atom. The number of halogens is 1. The number of nitrogens with zero attached hydrogens (tertiary/aromatic N) is 2. The van der Waals surface area contributed by atoms with E-state index in [4.69, 9.17) is 0 Å². The molecule has 0 saturated carbocycles. The topological polar surface area (TPSA) is 15.6 Å². The smallest absolute Gasteiger partial charge is 0.209 e. The molecule has 0 saturated heterocycles. The van der Waals surface area contributed by atoms with Crippen LogP contribution < -0.4 is 0 Å². The van der Waals surface area contributed by atoms with Gasteiger partial charge in [-0.25, -0.2) is 9.38 Å². The normalized spacial score (nSPS) is 21.3. The Morgan fingerprint density at radius 3 is 2.62 bits per heavy atom. The Kier molecular flexibility index (Phi) is 9.20. The largest absolute Gasteiger partial charge is 0.303 e. The van der Waals surface area contributed by atoms with E-state index in [2.05, 4.69) is 56.8 Å². The summed E-state index contributed by atoms with van der Waals surface area (Å²) in [6.45, 7) is 11.8. The van der Waals surface area contributed by atoms with Crippen LogP contribution in [0, 0.1) is 5.92 Å². The highest BCUT2D eigenvalue weighted by Gasteiger charge is 2.30. The van der Waals surface area contributed by atoms with E-state index in [0.717, 1.165) is 43.5 Å². The molecule has 1 heterocycles. The van der Waals surface area contributed by atoms with E-state index in [1.54, 1.807) is 6.08 Å². The molecule has 2 nitrogen and oxygen atoms in total. The molecule has 0 amide bonds. The lowest BCUT2D eigenvalue weighted by atomic mass is 9.83. The molecule has 0 radical (unpaired) electrons. The van der Waals surface area contributed by atoms with E-state index in [1.807, 2.05) is 13.0 Å². The maximum Gasteiger partial charge on any atom is 0.209 e. The zero-order chi connectivity index (χ0) is 18.1. The summed E-state index contributed by atoms with van der Waals surface area (Å²) in [5, 5.41) is 0. The van der Waals surface area contributed by atoms with Gasteiger partial charge in [0.2, 0.25) is 6.30 Å². The molecule has 3 atom stereocenters. The van der Waals surface area contributed by atoms with Crippen molar-refractivity contribution in [3.8, 4) is 0 Å². The average molecular weight is 335 g/mol. The van der Waals surface area contributed by atoms with Gasteiger partial charge in [-0.2, -0.15) is 0 Å². The number of hydrogen-bond acceptors (Lipinski definition) is 2. The van der Waals surface area contributed by atoms with Gasteiger partial charge in [0.25, 0.3) is 0 Å². The molecule has 1 rings (SSSR count). The van der Waals surface area contributed by atoms with Crippen LogP contribution in [0.25, 0.3) is 0 Å². The Hall–Kier alpha value is -1.22. The van der Waals surface area contributed by atoms with Crippen molar-refractivity contribution in [2.24, 2.45) is 10.9 Å². The van der Waals surface area contributed by atoms with E-state index in [9.17, 15) is 4.39 Å². The number of aliphatic imine (C=N–C) groups is 1. The van der Waals surface area contributed by atoms with Crippen LogP contribution in [0.4, 0.5) is 4.39 Å². The molecule has 0 fully saturated rings. The van der Waals surface area contributed by atoms with Crippen LogP contribution >= 0.6 is 0 Å². The molecule has 1 aliphatic rings. The third-order valence-corrected chi connectivity index (χ3v) is 4.92. The maximum atomic E-state index is 14.1. The molecule has 3 heteroatoms. The highest BCUT2D eigenvalue weighted by molar-refractivity contribution is 6.04. The van der Waals surface area contributed by atoms with Crippen LogP contribution in [0.3, 0.4) is 0 Å². The number of rotatable bonds is 10.